The summed E-state index contributed by atoms with van der Waals surface area (Å²) in [7, 11) is 1.67. The van der Waals surface area contributed by atoms with Crippen LogP contribution in [0.4, 0.5) is 0 Å². The maximum Gasteiger partial charge on any atom is 0.220 e. The van der Waals surface area contributed by atoms with E-state index >= 15 is 0 Å². The fourth-order valence-electron chi connectivity index (χ4n) is 3.43. The molecule has 112 valence electrons. The summed E-state index contributed by atoms with van der Waals surface area (Å²) < 4.78 is 5.12. The number of rotatable bonds is 5. The number of hydrogen-bond donors (Lipinski definition) is 2. The van der Waals surface area contributed by atoms with E-state index in [2.05, 4.69) is 10.6 Å². The summed E-state index contributed by atoms with van der Waals surface area (Å²) in [5.41, 5.74) is -0.266. The number of hydrogen-bond acceptors (Lipinski definition) is 3. The molecule has 0 spiro atoms. The first-order chi connectivity index (χ1) is 8.48. The number of amides is 1. The van der Waals surface area contributed by atoms with Crippen molar-refractivity contribution in [1.82, 2.24) is 10.6 Å². The predicted octanol–water partition coefficient (Wildman–Crippen LogP) is 1.87. The number of nitrogens with one attached hydrogen (secondary N) is 2. The fraction of sp³-hybridized carbons (Fsp3) is 0.929. The minimum absolute atomic E-state index is 0. The summed E-state index contributed by atoms with van der Waals surface area (Å²) in [5.74, 6) is 0.727. The summed E-state index contributed by atoms with van der Waals surface area (Å²) >= 11 is 0. The van der Waals surface area contributed by atoms with E-state index in [9.17, 15) is 4.79 Å². The first-order valence-electron chi connectivity index (χ1n) is 7.04. The number of piperidine rings is 1. The van der Waals surface area contributed by atoms with Gasteiger partial charge in [-0.1, -0.05) is 0 Å². The molecule has 19 heavy (non-hydrogen) atoms. The molecule has 2 bridgehead atoms. The number of ether oxygens (including phenoxy) is 1. The van der Waals surface area contributed by atoms with Crippen molar-refractivity contribution in [3.63, 3.8) is 0 Å². The number of methoxy groups -OCH3 is 1. The van der Waals surface area contributed by atoms with Crippen LogP contribution in [0.15, 0.2) is 0 Å². The van der Waals surface area contributed by atoms with Crippen molar-refractivity contribution in [2.24, 2.45) is 5.92 Å². The Bertz CT molecular complexity index is 298. The highest BCUT2D eigenvalue weighted by molar-refractivity contribution is 5.85. The van der Waals surface area contributed by atoms with Gasteiger partial charge >= 0.3 is 0 Å². The molecule has 0 aliphatic carbocycles. The van der Waals surface area contributed by atoms with Gasteiger partial charge in [0.15, 0.2) is 0 Å². The molecule has 1 amide bonds. The van der Waals surface area contributed by atoms with Gasteiger partial charge in [-0.15, -0.1) is 12.4 Å². The Morgan fingerprint density at radius 2 is 1.89 bits per heavy atom. The topological polar surface area (TPSA) is 50.4 Å². The van der Waals surface area contributed by atoms with Crippen LogP contribution in [0, 0.1) is 5.92 Å². The second-order valence-electron chi connectivity index (χ2n) is 6.54. The van der Waals surface area contributed by atoms with Crippen molar-refractivity contribution in [1.29, 1.82) is 0 Å². The Morgan fingerprint density at radius 1 is 1.32 bits per heavy atom. The van der Waals surface area contributed by atoms with E-state index < -0.39 is 0 Å². The maximum atomic E-state index is 12.0. The van der Waals surface area contributed by atoms with Crippen LogP contribution >= 0.6 is 12.4 Å². The van der Waals surface area contributed by atoms with Gasteiger partial charge in [0.25, 0.3) is 0 Å². The quantitative estimate of drug-likeness (QED) is 0.813. The van der Waals surface area contributed by atoms with E-state index in [0.29, 0.717) is 31.0 Å². The first kappa shape index (κ1) is 16.7. The second kappa shape index (κ2) is 6.91. The highest BCUT2D eigenvalue weighted by atomic mass is 35.5. The molecular formula is C14H27ClN2O2. The van der Waals surface area contributed by atoms with Crippen molar-refractivity contribution in [3.8, 4) is 0 Å². The second-order valence-corrected chi connectivity index (χ2v) is 6.54. The summed E-state index contributed by atoms with van der Waals surface area (Å²) in [6.07, 6.45) is 5.57. The zero-order valence-corrected chi connectivity index (χ0v) is 13.0. The van der Waals surface area contributed by atoms with Gasteiger partial charge in [0.1, 0.15) is 0 Å². The summed E-state index contributed by atoms with van der Waals surface area (Å²) in [5, 5.41) is 6.68. The molecule has 2 saturated heterocycles. The van der Waals surface area contributed by atoms with Gasteiger partial charge in [-0.05, 0) is 45.4 Å². The predicted molar refractivity (Wildman–Crippen MR) is 78.6 cm³/mol. The monoisotopic (exact) mass is 290 g/mol. The summed E-state index contributed by atoms with van der Waals surface area (Å²) in [4.78, 5) is 12.0. The van der Waals surface area contributed by atoms with Crippen LogP contribution in [0.5, 0.6) is 0 Å². The zero-order chi connectivity index (χ0) is 13.2. The number of fused-ring (bicyclic) bond motifs is 2. The molecule has 0 aromatic carbocycles. The van der Waals surface area contributed by atoms with E-state index in [4.69, 9.17) is 4.74 Å². The molecule has 0 radical (unpaired) electrons. The third-order valence-corrected chi connectivity index (χ3v) is 4.03. The number of halogens is 1. The van der Waals surface area contributed by atoms with Crippen LogP contribution in [0.25, 0.3) is 0 Å². The van der Waals surface area contributed by atoms with E-state index in [1.54, 1.807) is 7.11 Å². The third-order valence-electron chi connectivity index (χ3n) is 4.03. The number of carbonyl (C=O) groups is 1. The zero-order valence-electron chi connectivity index (χ0n) is 12.2. The largest absolute Gasteiger partial charge is 0.382 e. The minimum atomic E-state index is -0.266. The molecule has 5 heteroatoms. The van der Waals surface area contributed by atoms with Gasteiger partial charge in [0, 0.05) is 25.6 Å². The Labute approximate surface area is 122 Å². The Morgan fingerprint density at radius 3 is 2.42 bits per heavy atom. The molecule has 4 nitrogen and oxygen atoms in total. The maximum absolute atomic E-state index is 12.0. The molecule has 2 rings (SSSR count). The lowest BCUT2D eigenvalue weighted by Crippen LogP contribution is -2.48. The number of carbonyl (C=O) groups excluding carboxylic acids is 1. The van der Waals surface area contributed by atoms with E-state index in [0.717, 1.165) is 12.8 Å². The van der Waals surface area contributed by atoms with Gasteiger partial charge in [0.05, 0.1) is 12.1 Å². The highest BCUT2D eigenvalue weighted by Crippen LogP contribution is 2.32. The normalized spacial score (nSPS) is 29.7. The molecule has 2 aliphatic rings. The standard InChI is InChI=1S/C14H26N2O2.ClH/c1-14(2,9-18-3)16-13(17)8-10-6-11-4-5-12(7-10)15-11;/h10-12,15H,4-9H2,1-3H3,(H,16,17);1H. The summed E-state index contributed by atoms with van der Waals surface area (Å²) in [6.45, 7) is 4.55. The minimum Gasteiger partial charge on any atom is -0.382 e. The lowest BCUT2D eigenvalue weighted by Gasteiger charge is -2.30. The van der Waals surface area contributed by atoms with Gasteiger partial charge in [-0.3, -0.25) is 4.79 Å². The molecule has 2 atom stereocenters. The van der Waals surface area contributed by atoms with Crippen LogP contribution in [0.2, 0.25) is 0 Å². The molecule has 2 fully saturated rings. The van der Waals surface area contributed by atoms with Gasteiger partial charge < -0.3 is 15.4 Å². The molecule has 2 heterocycles. The van der Waals surface area contributed by atoms with Crippen molar-refractivity contribution in [2.45, 2.75) is 63.6 Å². The average molecular weight is 291 g/mol. The fourth-order valence-corrected chi connectivity index (χ4v) is 3.43. The van der Waals surface area contributed by atoms with E-state index in [1.165, 1.54) is 12.8 Å². The Balaban J connectivity index is 0.00000180. The van der Waals surface area contributed by atoms with Gasteiger partial charge in [-0.25, -0.2) is 0 Å². The molecule has 0 aromatic heterocycles. The van der Waals surface area contributed by atoms with Crippen molar-refractivity contribution < 1.29 is 9.53 Å². The van der Waals surface area contributed by atoms with E-state index in [1.807, 2.05) is 13.8 Å². The van der Waals surface area contributed by atoms with E-state index in [-0.39, 0.29) is 23.9 Å². The molecule has 0 saturated carbocycles. The Kier molecular flexibility index (Phi) is 6.09. The Hall–Kier alpha value is -0.320. The molecule has 2 N–H and O–H groups in total. The van der Waals surface area contributed by atoms with Crippen molar-refractivity contribution in [3.05, 3.63) is 0 Å². The molecule has 2 unspecified atom stereocenters. The van der Waals surface area contributed by atoms with Crippen molar-refractivity contribution >= 4 is 18.3 Å². The first-order valence-corrected chi connectivity index (χ1v) is 7.04. The molecule has 0 aromatic rings. The van der Waals surface area contributed by atoms with Crippen LogP contribution < -0.4 is 10.6 Å². The van der Waals surface area contributed by atoms with Crippen LogP contribution in [-0.2, 0) is 9.53 Å². The highest BCUT2D eigenvalue weighted by Gasteiger charge is 2.34. The van der Waals surface area contributed by atoms with Crippen LogP contribution in [0.1, 0.15) is 46.0 Å². The lowest BCUT2D eigenvalue weighted by atomic mass is 9.89. The van der Waals surface area contributed by atoms with Crippen LogP contribution in [0.3, 0.4) is 0 Å². The SMILES string of the molecule is COCC(C)(C)NC(=O)CC1CC2CCC(C1)N2.Cl. The van der Waals surface area contributed by atoms with Gasteiger partial charge in [0.2, 0.25) is 5.91 Å². The summed E-state index contributed by atoms with van der Waals surface area (Å²) in [6, 6.07) is 1.32. The van der Waals surface area contributed by atoms with Crippen LogP contribution in [-0.4, -0.2) is 37.2 Å². The smallest absolute Gasteiger partial charge is 0.220 e. The average Bonchev–Trinajstić information content (AvgIpc) is 2.56. The third kappa shape index (κ3) is 4.93. The lowest BCUT2D eigenvalue weighted by molar-refractivity contribution is -0.124. The molecular weight excluding hydrogens is 264 g/mol. The van der Waals surface area contributed by atoms with Crippen molar-refractivity contribution in [2.75, 3.05) is 13.7 Å². The van der Waals surface area contributed by atoms with Gasteiger partial charge in [-0.2, -0.15) is 0 Å². The molecule has 2 aliphatic heterocycles.